The SMILES string of the molecule is COC1=CC2(C=CC1O)CCC(C(C)C)O2. The van der Waals surface area contributed by atoms with Gasteiger partial charge in [-0.2, -0.15) is 0 Å². The quantitative estimate of drug-likeness (QED) is 0.729. The van der Waals surface area contributed by atoms with Crippen LogP contribution in [0.3, 0.4) is 0 Å². The third-order valence-electron chi connectivity index (χ3n) is 3.41. The van der Waals surface area contributed by atoms with Crippen LogP contribution in [-0.4, -0.2) is 30.0 Å². The molecule has 3 heteroatoms. The van der Waals surface area contributed by atoms with Crippen LogP contribution in [0.2, 0.25) is 0 Å². The smallest absolute Gasteiger partial charge is 0.129 e. The molecule has 0 aromatic heterocycles. The first-order valence-corrected chi connectivity index (χ1v) is 5.88. The molecule has 3 unspecified atom stereocenters. The molecule has 1 aliphatic heterocycles. The molecule has 1 spiro atoms. The second kappa shape index (κ2) is 4.22. The molecular weight excluding hydrogens is 204 g/mol. The lowest BCUT2D eigenvalue weighted by Crippen LogP contribution is -2.31. The zero-order chi connectivity index (χ0) is 11.8. The number of aliphatic hydroxyl groups excluding tert-OH is 1. The number of aliphatic hydroxyl groups is 1. The van der Waals surface area contributed by atoms with Crippen LogP contribution in [0.5, 0.6) is 0 Å². The maximum absolute atomic E-state index is 9.65. The van der Waals surface area contributed by atoms with Gasteiger partial charge in [0.15, 0.2) is 0 Å². The molecule has 1 saturated heterocycles. The van der Waals surface area contributed by atoms with Crippen molar-refractivity contribution in [1.29, 1.82) is 0 Å². The minimum atomic E-state index is -0.627. The van der Waals surface area contributed by atoms with Gasteiger partial charge in [-0.25, -0.2) is 0 Å². The highest BCUT2D eigenvalue weighted by Gasteiger charge is 2.40. The molecule has 0 bridgehead atoms. The fraction of sp³-hybridized carbons (Fsp3) is 0.692. The average molecular weight is 224 g/mol. The largest absolute Gasteiger partial charge is 0.498 e. The van der Waals surface area contributed by atoms with Gasteiger partial charge in [-0.3, -0.25) is 0 Å². The number of hydrogen-bond donors (Lipinski definition) is 1. The van der Waals surface area contributed by atoms with Crippen LogP contribution < -0.4 is 0 Å². The van der Waals surface area contributed by atoms with Crippen molar-refractivity contribution in [2.75, 3.05) is 7.11 Å². The average Bonchev–Trinajstić information content (AvgIpc) is 2.67. The minimum absolute atomic E-state index is 0.300. The zero-order valence-electron chi connectivity index (χ0n) is 10.1. The minimum Gasteiger partial charge on any atom is -0.498 e. The fourth-order valence-electron chi connectivity index (χ4n) is 2.37. The standard InChI is InChI=1S/C13H20O3/c1-9(2)11-5-7-13(16-11)6-4-10(14)12(8-13)15-3/h4,6,8-11,14H,5,7H2,1-3H3. The summed E-state index contributed by atoms with van der Waals surface area (Å²) in [5.74, 6) is 1.12. The number of rotatable bonds is 2. The molecule has 1 fully saturated rings. The summed E-state index contributed by atoms with van der Waals surface area (Å²) in [5.41, 5.74) is -0.348. The van der Waals surface area contributed by atoms with Gasteiger partial charge in [0, 0.05) is 0 Å². The Kier molecular flexibility index (Phi) is 3.08. The molecule has 0 aromatic carbocycles. The normalized spacial score (nSPS) is 38.2. The van der Waals surface area contributed by atoms with Gasteiger partial charge in [-0.15, -0.1) is 0 Å². The van der Waals surface area contributed by atoms with E-state index in [1.807, 2.05) is 12.2 Å². The van der Waals surface area contributed by atoms with E-state index >= 15 is 0 Å². The lowest BCUT2D eigenvalue weighted by molar-refractivity contribution is -0.00603. The van der Waals surface area contributed by atoms with Gasteiger partial charge in [0.2, 0.25) is 0 Å². The van der Waals surface area contributed by atoms with Gasteiger partial charge in [-0.1, -0.05) is 13.8 Å². The Hall–Kier alpha value is -0.800. The summed E-state index contributed by atoms with van der Waals surface area (Å²) in [5, 5.41) is 9.65. The number of ether oxygens (including phenoxy) is 2. The van der Waals surface area contributed by atoms with E-state index < -0.39 is 6.10 Å². The third-order valence-corrected chi connectivity index (χ3v) is 3.41. The van der Waals surface area contributed by atoms with E-state index in [9.17, 15) is 5.11 Å². The molecular formula is C13H20O3. The molecule has 3 nitrogen and oxygen atoms in total. The summed E-state index contributed by atoms with van der Waals surface area (Å²) in [4.78, 5) is 0. The van der Waals surface area contributed by atoms with Crippen LogP contribution in [0.1, 0.15) is 26.7 Å². The third kappa shape index (κ3) is 2.02. The van der Waals surface area contributed by atoms with Crippen molar-refractivity contribution in [3.8, 4) is 0 Å². The first-order chi connectivity index (χ1) is 7.56. The topological polar surface area (TPSA) is 38.7 Å². The monoisotopic (exact) mass is 224 g/mol. The molecule has 0 amide bonds. The molecule has 2 rings (SSSR count). The van der Waals surface area contributed by atoms with Gasteiger partial charge in [0.1, 0.15) is 17.5 Å². The first kappa shape index (κ1) is 11.7. The lowest BCUT2D eigenvalue weighted by Gasteiger charge is -2.29. The summed E-state index contributed by atoms with van der Waals surface area (Å²) in [6.07, 6.45) is 7.33. The highest BCUT2D eigenvalue weighted by atomic mass is 16.5. The van der Waals surface area contributed by atoms with Crippen molar-refractivity contribution in [2.24, 2.45) is 5.92 Å². The van der Waals surface area contributed by atoms with Crippen molar-refractivity contribution >= 4 is 0 Å². The van der Waals surface area contributed by atoms with E-state index in [4.69, 9.17) is 9.47 Å². The molecule has 1 heterocycles. The van der Waals surface area contributed by atoms with Gasteiger partial charge in [-0.05, 0) is 37.0 Å². The van der Waals surface area contributed by atoms with E-state index in [1.165, 1.54) is 0 Å². The van der Waals surface area contributed by atoms with Gasteiger partial charge >= 0.3 is 0 Å². The van der Waals surface area contributed by atoms with E-state index in [-0.39, 0.29) is 5.60 Å². The Labute approximate surface area is 96.7 Å². The lowest BCUT2D eigenvalue weighted by atomic mass is 9.92. The molecule has 16 heavy (non-hydrogen) atoms. The van der Waals surface area contributed by atoms with Crippen LogP contribution in [0.25, 0.3) is 0 Å². The van der Waals surface area contributed by atoms with E-state index in [0.717, 1.165) is 12.8 Å². The van der Waals surface area contributed by atoms with Crippen LogP contribution in [0.4, 0.5) is 0 Å². The Morgan fingerprint density at radius 3 is 2.88 bits per heavy atom. The highest BCUT2D eigenvalue weighted by molar-refractivity contribution is 5.29. The van der Waals surface area contributed by atoms with Crippen LogP contribution >= 0.6 is 0 Å². The van der Waals surface area contributed by atoms with Crippen LogP contribution in [-0.2, 0) is 9.47 Å². The Morgan fingerprint density at radius 2 is 2.31 bits per heavy atom. The maximum Gasteiger partial charge on any atom is 0.129 e. The van der Waals surface area contributed by atoms with Gasteiger partial charge < -0.3 is 14.6 Å². The van der Waals surface area contributed by atoms with Crippen molar-refractivity contribution in [2.45, 2.75) is 44.5 Å². The number of methoxy groups -OCH3 is 1. The maximum atomic E-state index is 9.65. The molecule has 0 aromatic rings. The van der Waals surface area contributed by atoms with E-state index in [2.05, 4.69) is 13.8 Å². The Bertz CT molecular complexity index is 319. The van der Waals surface area contributed by atoms with E-state index in [0.29, 0.717) is 17.8 Å². The predicted molar refractivity (Wildman–Crippen MR) is 61.9 cm³/mol. The Balaban J connectivity index is 2.16. The molecule has 3 atom stereocenters. The second-order valence-corrected chi connectivity index (χ2v) is 4.95. The summed E-state index contributed by atoms with van der Waals surface area (Å²) in [7, 11) is 1.58. The first-order valence-electron chi connectivity index (χ1n) is 5.88. The van der Waals surface area contributed by atoms with Crippen molar-refractivity contribution < 1.29 is 14.6 Å². The molecule has 1 N–H and O–H groups in total. The molecule has 0 radical (unpaired) electrons. The summed E-state index contributed by atoms with van der Waals surface area (Å²) in [6.45, 7) is 4.35. The highest BCUT2D eigenvalue weighted by Crippen LogP contribution is 2.39. The Morgan fingerprint density at radius 1 is 1.56 bits per heavy atom. The second-order valence-electron chi connectivity index (χ2n) is 4.95. The van der Waals surface area contributed by atoms with Gasteiger partial charge in [0.25, 0.3) is 0 Å². The number of hydrogen-bond acceptors (Lipinski definition) is 3. The van der Waals surface area contributed by atoms with E-state index in [1.54, 1.807) is 13.2 Å². The van der Waals surface area contributed by atoms with Crippen molar-refractivity contribution in [3.05, 3.63) is 24.0 Å². The fourth-order valence-corrected chi connectivity index (χ4v) is 2.37. The van der Waals surface area contributed by atoms with Crippen molar-refractivity contribution in [1.82, 2.24) is 0 Å². The van der Waals surface area contributed by atoms with Crippen LogP contribution in [0, 0.1) is 5.92 Å². The molecule has 0 saturated carbocycles. The summed E-state index contributed by atoms with van der Waals surface area (Å²) < 4.78 is 11.2. The summed E-state index contributed by atoms with van der Waals surface area (Å²) >= 11 is 0. The molecule has 2 aliphatic rings. The predicted octanol–water partition coefficient (Wildman–Crippen LogP) is 2.02. The van der Waals surface area contributed by atoms with Crippen LogP contribution in [0.15, 0.2) is 24.0 Å². The van der Waals surface area contributed by atoms with Crippen molar-refractivity contribution in [3.63, 3.8) is 0 Å². The summed E-state index contributed by atoms with van der Waals surface area (Å²) in [6, 6.07) is 0. The van der Waals surface area contributed by atoms with Gasteiger partial charge in [0.05, 0.1) is 13.2 Å². The zero-order valence-corrected chi connectivity index (χ0v) is 10.1. The molecule has 1 aliphatic carbocycles. The molecule has 90 valence electrons.